The number of imidazole rings is 1. The van der Waals surface area contributed by atoms with Gasteiger partial charge in [0.25, 0.3) is 5.91 Å². The number of rotatable bonds is 8. The fourth-order valence-corrected chi connectivity index (χ4v) is 4.23. The van der Waals surface area contributed by atoms with Crippen LogP contribution < -0.4 is 5.32 Å². The van der Waals surface area contributed by atoms with Crippen molar-refractivity contribution in [2.45, 2.75) is 46.2 Å². The fourth-order valence-electron chi connectivity index (χ4n) is 4.23. The molecule has 0 bridgehead atoms. The predicted octanol–water partition coefficient (Wildman–Crippen LogP) is 6.68. The van der Waals surface area contributed by atoms with Crippen molar-refractivity contribution in [2.24, 2.45) is 0 Å². The van der Waals surface area contributed by atoms with Gasteiger partial charge in [-0.2, -0.15) is 0 Å². The van der Waals surface area contributed by atoms with E-state index >= 15 is 0 Å². The zero-order valence-electron chi connectivity index (χ0n) is 19.6. The lowest BCUT2D eigenvalue weighted by Gasteiger charge is -2.19. The van der Waals surface area contributed by atoms with Gasteiger partial charge in [0.15, 0.2) is 0 Å². The average molecular weight is 438 g/mol. The minimum atomic E-state index is -0.100. The SMILES string of the molecule is CCc1ccc(-c2nc(-c3ccccc3)n(CC)c2C(=O)N[C@@H](CC)c2ccccc2)cc1. The molecule has 1 N–H and O–H groups in total. The zero-order chi connectivity index (χ0) is 23.2. The van der Waals surface area contributed by atoms with Gasteiger partial charge in [-0.15, -0.1) is 0 Å². The van der Waals surface area contributed by atoms with Crippen molar-refractivity contribution in [3.05, 3.63) is 102 Å². The van der Waals surface area contributed by atoms with Gasteiger partial charge in [-0.1, -0.05) is 98.8 Å². The Kier molecular flexibility index (Phi) is 7.04. The number of aryl methyl sites for hydroxylation is 1. The first kappa shape index (κ1) is 22.5. The average Bonchev–Trinajstić information content (AvgIpc) is 3.28. The number of benzene rings is 3. The monoisotopic (exact) mass is 437 g/mol. The maximum absolute atomic E-state index is 13.8. The number of carbonyl (C=O) groups is 1. The molecule has 4 aromatic rings. The molecule has 1 aromatic heterocycles. The molecule has 0 unspecified atom stereocenters. The van der Waals surface area contributed by atoms with E-state index in [1.807, 2.05) is 53.1 Å². The third-order valence-corrected chi connectivity index (χ3v) is 6.08. The lowest BCUT2D eigenvalue weighted by atomic mass is 10.0. The topological polar surface area (TPSA) is 46.9 Å². The van der Waals surface area contributed by atoms with Crippen LogP contribution in [0.5, 0.6) is 0 Å². The van der Waals surface area contributed by atoms with E-state index in [9.17, 15) is 4.79 Å². The molecule has 4 rings (SSSR count). The summed E-state index contributed by atoms with van der Waals surface area (Å²) in [6.07, 6.45) is 1.78. The summed E-state index contributed by atoms with van der Waals surface area (Å²) < 4.78 is 2.03. The van der Waals surface area contributed by atoms with E-state index < -0.39 is 0 Å². The number of amides is 1. The zero-order valence-corrected chi connectivity index (χ0v) is 19.6. The number of nitrogens with zero attached hydrogens (tertiary/aromatic N) is 2. The van der Waals surface area contributed by atoms with E-state index in [1.54, 1.807) is 0 Å². The van der Waals surface area contributed by atoms with Crippen LogP contribution in [0.15, 0.2) is 84.9 Å². The van der Waals surface area contributed by atoms with Crippen LogP contribution in [-0.4, -0.2) is 15.5 Å². The first-order valence-electron chi connectivity index (χ1n) is 11.8. The van der Waals surface area contributed by atoms with Crippen LogP contribution in [0.3, 0.4) is 0 Å². The van der Waals surface area contributed by atoms with E-state index in [4.69, 9.17) is 4.98 Å². The van der Waals surface area contributed by atoms with Crippen LogP contribution >= 0.6 is 0 Å². The van der Waals surface area contributed by atoms with Gasteiger partial charge in [0.2, 0.25) is 0 Å². The minimum Gasteiger partial charge on any atom is -0.344 e. The molecule has 0 fully saturated rings. The Labute approximate surface area is 196 Å². The summed E-state index contributed by atoms with van der Waals surface area (Å²) in [6.45, 7) is 6.94. The summed E-state index contributed by atoms with van der Waals surface area (Å²) in [7, 11) is 0. The largest absolute Gasteiger partial charge is 0.344 e. The van der Waals surface area contributed by atoms with Gasteiger partial charge in [-0.3, -0.25) is 4.79 Å². The summed E-state index contributed by atoms with van der Waals surface area (Å²) >= 11 is 0. The molecular weight excluding hydrogens is 406 g/mol. The second-order valence-corrected chi connectivity index (χ2v) is 8.14. The highest BCUT2D eigenvalue weighted by Crippen LogP contribution is 2.30. The Morgan fingerprint density at radius 2 is 1.48 bits per heavy atom. The van der Waals surface area contributed by atoms with Gasteiger partial charge in [0, 0.05) is 17.7 Å². The fraction of sp³-hybridized carbons (Fsp3) is 0.241. The maximum atomic E-state index is 13.8. The van der Waals surface area contributed by atoms with Gasteiger partial charge in [-0.05, 0) is 30.9 Å². The number of carbonyl (C=O) groups excluding carboxylic acids is 1. The van der Waals surface area contributed by atoms with Gasteiger partial charge in [-0.25, -0.2) is 4.98 Å². The van der Waals surface area contributed by atoms with Crippen molar-refractivity contribution in [2.75, 3.05) is 0 Å². The summed E-state index contributed by atoms with van der Waals surface area (Å²) in [5.74, 6) is 0.711. The molecule has 0 aliphatic carbocycles. The highest BCUT2D eigenvalue weighted by molar-refractivity contribution is 5.99. The van der Waals surface area contributed by atoms with Crippen molar-refractivity contribution in [3.8, 4) is 22.6 Å². The quantitative estimate of drug-likeness (QED) is 0.334. The minimum absolute atomic E-state index is 0.0607. The molecule has 168 valence electrons. The third kappa shape index (κ3) is 4.75. The molecular formula is C29H31N3O. The van der Waals surface area contributed by atoms with Gasteiger partial charge >= 0.3 is 0 Å². The summed E-state index contributed by atoms with van der Waals surface area (Å²) in [4.78, 5) is 18.8. The molecule has 1 atom stereocenters. The van der Waals surface area contributed by atoms with E-state index in [-0.39, 0.29) is 11.9 Å². The Bertz CT molecular complexity index is 1200. The molecule has 1 amide bonds. The molecule has 0 saturated carbocycles. The van der Waals surface area contributed by atoms with Crippen LogP contribution in [0.25, 0.3) is 22.6 Å². The lowest BCUT2D eigenvalue weighted by molar-refractivity contribution is 0.0927. The predicted molar refractivity (Wildman–Crippen MR) is 135 cm³/mol. The van der Waals surface area contributed by atoms with E-state index in [1.165, 1.54) is 5.56 Å². The Morgan fingerprint density at radius 3 is 2.06 bits per heavy atom. The first-order valence-corrected chi connectivity index (χ1v) is 11.8. The highest BCUT2D eigenvalue weighted by Gasteiger charge is 2.26. The van der Waals surface area contributed by atoms with Crippen molar-refractivity contribution in [3.63, 3.8) is 0 Å². The van der Waals surface area contributed by atoms with E-state index in [0.29, 0.717) is 12.2 Å². The van der Waals surface area contributed by atoms with Gasteiger partial charge < -0.3 is 9.88 Å². The number of nitrogens with one attached hydrogen (secondary N) is 1. The number of hydrogen-bond acceptors (Lipinski definition) is 2. The van der Waals surface area contributed by atoms with E-state index in [2.05, 4.69) is 62.5 Å². The lowest BCUT2D eigenvalue weighted by Crippen LogP contribution is -2.30. The molecule has 0 saturated heterocycles. The first-order chi connectivity index (χ1) is 16.2. The molecule has 0 aliphatic rings. The normalized spacial score (nSPS) is 11.8. The summed E-state index contributed by atoms with van der Waals surface area (Å²) in [6, 6.07) is 28.5. The van der Waals surface area contributed by atoms with E-state index in [0.717, 1.165) is 41.1 Å². The van der Waals surface area contributed by atoms with Crippen molar-refractivity contribution < 1.29 is 4.79 Å². The van der Waals surface area contributed by atoms with Crippen LogP contribution in [0.2, 0.25) is 0 Å². The second kappa shape index (κ2) is 10.3. The molecule has 1 heterocycles. The summed E-state index contributed by atoms with van der Waals surface area (Å²) in [5, 5.41) is 3.27. The standard InChI is InChI=1S/C29H31N3O/c1-4-21-17-19-23(20-18-21)26-27(29(33)30-25(5-2)22-13-9-7-10-14-22)32(6-3)28(31-26)24-15-11-8-12-16-24/h7-20,25H,4-6H2,1-3H3,(H,30,33)/t25-/m0/s1. The van der Waals surface area contributed by atoms with Gasteiger partial charge in [0.05, 0.1) is 6.04 Å². The molecule has 0 aliphatic heterocycles. The third-order valence-electron chi connectivity index (χ3n) is 6.08. The number of aromatic nitrogens is 2. The number of hydrogen-bond donors (Lipinski definition) is 1. The van der Waals surface area contributed by atoms with Crippen LogP contribution in [-0.2, 0) is 13.0 Å². The molecule has 33 heavy (non-hydrogen) atoms. The smallest absolute Gasteiger partial charge is 0.270 e. The molecule has 4 nitrogen and oxygen atoms in total. The Morgan fingerprint density at radius 1 is 0.848 bits per heavy atom. The Hall–Kier alpha value is -3.66. The molecule has 3 aromatic carbocycles. The summed E-state index contributed by atoms with van der Waals surface area (Å²) in [5.41, 5.74) is 5.65. The maximum Gasteiger partial charge on any atom is 0.270 e. The molecule has 0 radical (unpaired) electrons. The van der Waals surface area contributed by atoms with Crippen molar-refractivity contribution in [1.82, 2.24) is 14.9 Å². The van der Waals surface area contributed by atoms with Crippen LogP contribution in [0, 0.1) is 0 Å². The van der Waals surface area contributed by atoms with Crippen molar-refractivity contribution in [1.29, 1.82) is 0 Å². The molecule has 4 heteroatoms. The van der Waals surface area contributed by atoms with Crippen molar-refractivity contribution >= 4 is 5.91 Å². The highest BCUT2D eigenvalue weighted by atomic mass is 16.2. The van der Waals surface area contributed by atoms with Crippen LogP contribution in [0.4, 0.5) is 0 Å². The molecule has 0 spiro atoms. The van der Waals surface area contributed by atoms with Gasteiger partial charge in [0.1, 0.15) is 17.2 Å². The van der Waals surface area contributed by atoms with Crippen LogP contribution in [0.1, 0.15) is 54.8 Å². The Balaban J connectivity index is 1.82. The second-order valence-electron chi connectivity index (χ2n) is 8.14.